The second-order valence-electron chi connectivity index (χ2n) is 3.15. The van der Waals surface area contributed by atoms with Gasteiger partial charge < -0.3 is 5.73 Å². The molecule has 3 heterocycles. The Morgan fingerprint density at radius 1 is 1.47 bits per heavy atom. The SMILES string of the molecule is Cc1sc2nc(N)nn2c1-c1cccs1. The first kappa shape index (κ1) is 8.87. The van der Waals surface area contributed by atoms with Gasteiger partial charge in [-0.15, -0.1) is 16.4 Å². The van der Waals surface area contributed by atoms with Crippen LogP contribution in [-0.4, -0.2) is 14.6 Å². The Labute approximate surface area is 94.0 Å². The van der Waals surface area contributed by atoms with Crippen molar-refractivity contribution in [3.8, 4) is 10.6 Å². The number of nitrogens with zero attached hydrogens (tertiary/aromatic N) is 3. The molecule has 0 aliphatic carbocycles. The fourth-order valence-electron chi connectivity index (χ4n) is 1.55. The molecule has 4 nitrogen and oxygen atoms in total. The van der Waals surface area contributed by atoms with E-state index < -0.39 is 0 Å². The zero-order valence-electron chi connectivity index (χ0n) is 7.97. The normalized spacial score (nSPS) is 11.3. The van der Waals surface area contributed by atoms with E-state index in [-0.39, 0.29) is 0 Å². The van der Waals surface area contributed by atoms with Crippen molar-refractivity contribution in [3.63, 3.8) is 0 Å². The van der Waals surface area contributed by atoms with Gasteiger partial charge in [-0.3, -0.25) is 0 Å². The first-order valence-corrected chi connectivity index (χ1v) is 6.11. The molecule has 0 fully saturated rings. The van der Waals surface area contributed by atoms with Crippen LogP contribution in [0.15, 0.2) is 17.5 Å². The van der Waals surface area contributed by atoms with E-state index in [2.05, 4.69) is 28.5 Å². The molecule has 6 heteroatoms. The summed E-state index contributed by atoms with van der Waals surface area (Å²) in [6, 6.07) is 4.11. The number of aryl methyl sites for hydroxylation is 1. The molecule has 0 saturated heterocycles. The molecule has 0 atom stereocenters. The van der Waals surface area contributed by atoms with Crippen LogP contribution in [0.2, 0.25) is 0 Å². The van der Waals surface area contributed by atoms with E-state index in [4.69, 9.17) is 5.73 Å². The number of thiophene rings is 1. The summed E-state index contributed by atoms with van der Waals surface area (Å²) >= 11 is 3.31. The number of nitrogen functional groups attached to an aromatic ring is 1. The van der Waals surface area contributed by atoms with Gasteiger partial charge in [-0.1, -0.05) is 17.4 Å². The number of anilines is 1. The van der Waals surface area contributed by atoms with Crippen LogP contribution in [0, 0.1) is 6.92 Å². The summed E-state index contributed by atoms with van der Waals surface area (Å²) in [7, 11) is 0. The summed E-state index contributed by atoms with van der Waals surface area (Å²) < 4.78 is 1.82. The lowest BCUT2D eigenvalue weighted by atomic mass is 10.3. The lowest BCUT2D eigenvalue weighted by Crippen LogP contribution is -1.91. The van der Waals surface area contributed by atoms with E-state index in [1.54, 1.807) is 22.7 Å². The van der Waals surface area contributed by atoms with Gasteiger partial charge >= 0.3 is 0 Å². The maximum Gasteiger partial charge on any atom is 0.241 e. The number of aromatic nitrogens is 3. The van der Waals surface area contributed by atoms with Gasteiger partial charge in [-0.25, -0.2) is 0 Å². The van der Waals surface area contributed by atoms with Crippen LogP contribution in [0.1, 0.15) is 4.88 Å². The highest BCUT2D eigenvalue weighted by Crippen LogP contribution is 2.33. The Bertz CT molecular complexity index is 605. The van der Waals surface area contributed by atoms with Crippen LogP contribution in [0.25, 0.3) is 15.5 Å². The predicted molar refractivity (Wildman–Crippen MR) is 63.3 cm³/mol. The largest absolute Gasteiger partial charge is 0.366 e. The standard InChI is InChI=1S/C9H8N4S2/c1-5-7(6-3-2-4-14-6)13-9(15-5)11-8(10)12-13/h2-4H,1H3,(H2,10,12). The number of rotatable bonds is 1. The Hall–Kier alpha value is -1.40. The number of hydrogen-bond donors (Lipinski definition) is 1. The predicted octanol–water partition coefficient (Wildman–Crippen LogP) is 2.41. The fraction of sp³-hybridized carbons (Fsp3) is 0.111. The number of nitrogens with two attached hydrogens (primary N) is 1. The second kappa shape index (κ2) is 3.04. The Morgan fingerprint density at radius 3 is 3.07 bits per heavy atom. The van der Waals surface area contributed by atoms with Gasteiger partial charge in [0.2, 0.25) is 10.9 Å². The van der Waals surface area contributed by atoms with Crippen LogP contribution >= 0.6 is 22.7 Å². The summed E-state index contributed by atoms with van der Waals surface area (Å²) in [5.74, 6) is 0.332. The van der Waals surface area contributed by atoms with Crippen molar-refractivity contribution in [2.45, 2.75) is 6.92 Å². The Balaban J connectivity index is 2.37. The van der Waals surface area contributed by atoms with E-state index in [0.29, 0.717) is 5.95 Å². The van der Waals surface area contributed by atoms with Gasteiger partial charge in [-0.05, 0) is 18.4 Å². The number of thiazole rings is 1. The molecule has 3 aromatic heterocycles. The smallest absolute Gasteiger partial charge is 0.241 e. The molecule has 0 saturated carbocycles. The van der Waals surface area contributed by atoms with Crippen LogP contribution in [0.5, 0.6) is 0 Å². The molecule has 0 bridgehead atoms. The quantitative estimate of drug-likeness (QED) is 0.706. The highest BCUT2D eigenvalue weighted by Gasteiger charge is 2.14. The summed E-state index contributed by atoms with van der Waals surface area (Å²) in [6.07, 6.45) is 0. The molecule has 0 aromatic carbocycles. The van der Waals surface area contributed by atoms with Gasteiger partial charge in [0.15, 0.2) is 0 Å². The molecule has 0 aliphatic rings. The highest BCUT2D eigenvalue weighted by atomic mass is 32.1. The van der Waals surface area contributed by atoms with Crippen molar-refractivity contribution in [2.75, 3.05) is 5.73 Å². The Kier molecular flexibility index (Phi) is 1.80. The van der Waals surface area contributed by atoms with Crippen molar-refractivity contribution < 1.29 is 0 Å². The average Bonchev–Trinajstić information content (AvgIpc) is 2.80. The summed E-state index contributed by atoms with van der Waals surface area (Å²) in [4.78, 5) is 7.43. The van der Waals surface area contributed by atoms with E-state index in [1.165, 1.54) is 9.75 Å². The second-order valence-corrected chi connectivity index (χ2v) is 5.28. The molecule has 2 N–H and O–H groups in total. The van der Waals surface area contributed by atoms with Gasteiger partial charge in [0.25, 0.3) is 0 Å². The lowest BCUT2D eigenvalue weighted by Gasteiger charge is -1.95. The molecular weight excluding hydrogens is 228 g/mol. The lowest BCUT2D eigenvalue weighted by molar-refractivity contribution is 0.990. The van der Waals surface area contributed by atoms with E-state index in [1.807, 2.05) is 10.6 Å². The van der Waals surface area contributed by atoms with Crippen LogP contribution < -0.4 is 5.73 Å². The first-order valence-electron chi connectivity index (χ1n) is 4.41. The minimum atomic E-state index is 0.332. The van der Waals surface area contributed by atoms with Crippen LogP contribution in [0.3, 0.4) is 0 Å². The third kappa shape index (κ3) is 1.25. The van der Waals surface area contributed by atoms with Gasteiger partial charge in [0.05, 0.1) is 10.6 Å². The van der Waals surface area contributed by atoms with E-state index >= 15 is 0 Å². The zero-order chi connectivity index (χ0) is 10.4. The van der Waals surface area contributed by atoms with Crippen LogP contribution in [0.4, 0.5) is 5.95 Å². The Morgan fingerprint density at radius 2 is 2.33 bits per heavy atom. The van der Waals surface area contributed by atoms with E-state index in [0.717, 1.165) is 10.7 Å². The third-order valence-corrected chi connectivity index (χ3v) is 3.96. The molecule has 0 radical (unpaired) electrons. The topological polar surface area (TPSA) is 56.2 Å². The molecule has 3 aromatic rings. The van der Waals surface area contributed by atoms with E-state index in [9.17, 15) is 0 Å². The van der Waals surface area contributed by atoms with Crippen molar-refractivity contribution >= 4 is 33.6 Å². The average molecular weight is 236 g/mol. The van der Waals surface area contributed by atoms with Crippen molar-refractivity contribution in [3.05, 3.63) is 22.4 Å². The molecule has 0 spiro atoms. The van der Waals surface area contributed by atoms with Crippen molar-refractivity contribution in [2.24, 2.45) is 0 Å². The summed E-state index contributed by atoms with van der Waals surface area (Å²) in [5.41, 5.74) is 6.68. The molecule has 0 unspecified atom stereocenters. The molecule has 3 rings (SSSR count). The minimum absolute atomic E-state index is 0.332. The minimum Gasteiger partial charge on any atom is -0.366 e. The third-order valence-electron chi connectivity index (χ3n) is 2.14. The van der Waals surface area contributed by atoms with Gasteiger partial charge in [-0.2, -0.15) is 9.50 Å². The van der Waals surface area contributed by atoms with Gasteiger partial charge in [0.1, 0.15) is 0 Å². The maximum atomic E-state index is 5.57. The first-order chi connectivity index (χ1) is 7.25. The fourth-order valence-corrected chi connectivity index (χ4v) is 3.35. The highest BCUT2D eigenvalue weighted by molar-refractivity contribution is 7.18. The monoisotopic (exact) mass is 236 g/mol. The molecule has 0 amide bonds. The maximum absolute atomic E-state index is 5.57. The number of fused-ring (bicyclic) bond motifs is 1. The molecule has 76 valence electrons. The zero-order valence-corrected chi connectivity index (χ0v) is 9.60. The number of hydrogen-bond acceptors (Lipinski definition) is 5. The molecular formula is C9H8N4S2. The summed E-state index contributed by atoms with van der Waals surface area (Å²) in [6.45, 7) is 2.08. The molecule has 15 heavy (non-hydrogen) atoms. The van der Waals surface area contributed by atoms with Crippen LogP contribution in [-0.2, 0) is 0 Å². The van der Waals surface area contributed by atoms with Crippen molar-refractivity contribution in [1.29, 1.82) is 0 Å². The van der Waals surface area contributed by atoms with Gasteiger partial charge in [0, 0.05) is 4.88 Å². The summed E-state index contributed by atoms with van der Waals surface area (Å²) in [5, 5.41) is 6.24. The van der Waals surface area contributed by atoms with Crippen molar-refractivity contribution in [1.82, 2.24) is 14.6 Å². The molecule has 0 aliphatic heterocycles.